The molecule has 0 saturated heterocycles. The van der Waals surface area contributed by atoms with Crippen molar-refractivity contribution in [3.8, 4) is 17.0 Å². The maximum Gasteiger partial charge on any atom is 0.573 e. The minimum absolute atomic E-state index is 0.275. The van der Waals surface area contributed by atoms with Gasteiger partial charge < -0.3 is 10.1 Å². The highest BCUT2D eigenvalue weighted by Gasteiger charge is 2.31. The third-order valence-corrected chi connectivity index (χ3v) is 2.77. The number of anilines is 1. The molecular formula is C14H14F3N3O. The van der Waals surface area contributed by atoms with Crippen molar-refractivity contribution in [3.05, 3.63) is 36.2 Å². The molecule has 1 aromatic heterocycles. The van der Waals surface area contributed by atoms with Gasteiger partial charge in [0.1, 0.15) is 17.9 Å². The second kappa shape index (κ2) is 5.99. The molecule has 0 saturated carbocycles. The van der Waals surface area contributed by atoms with Gasteiger partial charge in [0.25, 0.3) is 0 Å². The Labute approximate surface area is 120 Å². The van der Waals surface area contributed by atoms with Crippen LogP contribution in [-0.2, 0) is 0 Å². The van der Waals surface area contributed by atoms with E-state index in [9.17, 15) is 13.2 Å². The van der Waals surface area contributed by atoms with Crippen LogP contribution in [0, 0.1) is 6.92 Å². The average Bonchev–Trinajstić information content (AvgIpc) is 2.40. The first-order valence-electron chi connectivity index (χ1n) is 6.32. The monoisotopic (exact) mass is 297 g/mol. The summed E-state index contributed by atoms with van der Waals surface area (Å²) in [6, 6.07) is 5.72. The maximum absolute atomic E-state index is 12.3. The summed E-state index contributed by atoms with van der Waals surface area (Å²) >= 11 is 0. The number of hydrogen-bond donors (Lipinski definition) is 1. The van der Waals surface area contributed by atoms with Gasteiger partial charge in [-0.25, -0.2) is 9.97 Å². The quantitative estimate of drug-likeness (QED) is 0.933. The van der Waals surface area contributed by atoms with Crippen LogP contribution >= 0.6 is 0 Å². The second-order valence-corrected chi connectivity index (χ2v) is 4.30. The highest BCUT2D eigenvalue weighted by molar-refractivity contribution is 5.68. The van der Waals surface area contributed by atoms with Crippen molar-refractivity contribution in [1.82, 2.24) is 9.97 Å². The van der Waals surface area contributed by atoms with Gasteiger partial charge in [0, 0.05) is 17.7 Å². The topological polar surface area (TPSA) is 47.0 Å². The third kappa shape index (κ3) is 3.84. The van der Waals surface area contributed by atoms with E-state index in [1.807, 2.05) is 13.8 Å². The molecule has 0 amide bonds. The van der Waals surface area contributed by atoms with E-state index in [-0.39, 0.29) is 5.75 Å². The minimum atomic E-state index is -4.71. The van der Waals surface area contributed by atoms with Crippen molar-refractivity contribution in [3.63, 3.8) is 0 Å². The van der Waals surface area contributed by atoms with Crippen LogP contribution in [0.5, 0.6) is 5.75 Å². The standard InChI is InChI=1S/C14H14F3N3O/c1-3-18-13-9(2)12(19-8-20-13)10-5-4-6-11(7-10)21-14(15,16)17/h4-8H,3H2,1-2H3,(H,18,19,20). The van der Waals surface area contributed by atoms with Crippen molar-refractivity contribution >= 4 is 5.82 Å². The molecule has 0 radical (unpaired) electrons. The Morgan fingerprint density at radius 2 is 2.00 bits per heavy atom. The first-order valence-corrected chi connectivity index (χ1v) is 6.32. The number of aromatic nitrogens is 2. The normalized spacial score (nSPS) is 11.3. The molecule has 0 aliphatic rings. The van der Waals surface area contributed by atoms with Crippen LogP contribution in [-0.4, -0.2) is 22.9 Å². The fraction of sp³-hybridized carbons (Fsp3) is 0.286. The Morgan fingerprint density at radius 3 is 2.67 bits per heavy atom. The summed E-state index contributed by atoms with van der Waals surface area (Å²) in [6.45, 7) is 4.43. The van der Waals surface area contributed by atoms with Crippen molar-refractivity contribution in [1.29, 1.82) is 0 Å². The van der Waals surface area contributed by atoms with Gasteiger partial charge in [-0.05, 0) is 26.0 Å². The molecule has 0 bridgehead atoms. The third-order valence-electron chi connectivity index (χ3n) is 2.77. The molecule has 0 spiro atoms. The van der Waals surface area contributed by atoms with Crippen molar-refractivity contribution in [2.24, 2.45) is 0 Å². The number of nitrogens with one attached hydrogen (secondary N) is 1. The molecule has 7 heteroatoms. The molecule has 0 unspecified atom stereocenters. The first-order chi connectivity index (χ1) is 9.90. The molecule has 1 N–H and O–H groups in total. The summed E-state index contributed by atoms with van der Waals surface area (Å²) in [5.41, 5.74) is 1.87. The van der Waals surface area contributed by atoms with Crippen LogP contribution in [0.2, 0.25) is 0 Å². The van der Waals surface area contributed by atoms with Crippen LogP contribution in [0.4, 0.5) is 19.0 Å². The lowest BCUT2D eigenvalue weighted by Crippen LogP contribution is -2.17. The van der Waals surface area contributed by atoms with Gasteiger partial charge in [-0.3, -0.25) is 0 Å². The van der Waals surface area contributed by atoms with Gasteiger partial charge in [0.05, 0.1) is 5.69 Å². The largest absolute Gasteiger partial charge is 0.573 e. The summed E-state index contributed by atoms with van der Waals surface area (Å²) in [5.74, 6) is 0.382. The number of nitrogens with zero attached hydrogens (tertiary/aromatic N) is 2. The molecule has 0 aliphatic carbocycles. The Bertz CT molecular complexity index is 629. The second-order valence-electron chi connectivity index (χ2n) is 4.30. The zero-order chi connectivity index (χ0) is 15.5. The van der Waals surface area contributed by atoms with Crippen LogP contribution in [0.3, 0.4) is 0 Å². The molecule has 21 heavy (non-hydrogen) atoms. The summed E-state index contributed by atoms with van der Waals surface area (Å²) in [4.78, 5) is 8.24. The highest BCUT2D eigenvalue weighted by atomic mass is 19.4. The van der Waals surface area contributed by atoms with Crippen molar-refractivity contribution in [2.45, 2.75) is 20.2 Å². The van der Waals surface area contributed by atoms with Gasteiger partial charge in [-0.15, -0.1) is 13.2 Å². The van der Waals surface area contributed by atoms with E-state index in [1.165, 1.54) is 24.5 Å². The lowest BCUT2D eigenvalue weighted by Gasteiger charge is -2.12. The SMILES string of the molecule is CCNc1ncnc(-c2cccc(OC(F)(F)F)c2)c1C. The number of hydrogen-bond acceptors (Lipinski definition) is 4. The summed E-state index contributed by atoms with van der Waals surface area (Å²) in [6.07, 6.45) is -3.34. The molecule has 0 fully saturated rings. The summed E-state index contributed by atoms with van der Waals surface area (Å²) in [7, 11) is 0. The number of rotatable bonds is 4. The predicted octanol–water partition coefficient (Wildman–Crippen LogP) is 3.78. The van der Waals surface area contributed by atoms with Crippen molar-refractivity contribution < 1.29 is 17.9 Å². The fourth-order valence-corrected chi connectivity index (χ4v) is 1.93. The Balaban J connectivity index is 2.38. The van der Waals surface area contributed by atoms with Gasteiger partial charge in [-0.1, -0.05) is 12.1 Å². The van der Waals surface area contributed by atoms with E-state index in [2.05, 4.69) is 20.0 Å². The van der Waals surface area contributed by atoms with E-state index >= 15 is 0 Å². The van der Waals surface area contributed by atoms with Crippen LogP contribution in [0.25, 0.3) is 11.3 Å². The zero-order valence-corrected chi connectivity index (χ0v) is 11.5. The molecular weight excluding hydrogens is 283 g/mol. The Hall–Kier alpha value is -2.31. The van der Waals surface area contributed by atoms with E-state index in [4.69, 9.17) is 0 Å². The summed E-state index contributed by atoms with van der Waals surface area (Å²) < 4.78 is 40.7. The lowest BCUT2D eigenvalue weighted by atomic mass is 10.1. The number of halogens is 3. The van der Waals surface area contributed by atoms with E-state index < -0.39 is 6.36 Å². The number of ether oxygens (including phenoxy) is 1. The molecule has 0 atom stereocenters. The number of alkyl halides is 3. The molecule has 112 valence electrons. The van der Waals surface area contributed by atoms with Gasteiger partial charge in [-0.2, -0.15) is 0 Å². The first kappa shape index (κ1) is 15.1. The smallest absolute Gasteiger partial charge is 0.406 e. The van der Waals surface area contributed by atoms with E-state index in [0.29, 0.717) is 23.6 Å². The zero-order valence-electron chi connectivity index (χ0n) is 11.5. The van der Waals surface area contributed by atoms with Crippen LogP contribution in [0.1, 0.15) is 12.5 Å². The molecule has 1 aromatic carbocycles. The van der Waals surface area contributed by atoms with Crippen LogP contribution < -0.4 is 10.1 Å². The van der Waals surface area contributed by atoms with Crippen molar-refractivity contribution in [2.75, 3.05) is 11.9 Å². The van der Waals surface area contributed by atoms with E-state index in [1.54, 1.807) is 6.07 Å². The highest BCUT2D eigenvalue weighted by Crippen LogP contribution is 2.29. The molecule has 2 aromatic rings. The average molecular weight is 297 g/mol. The number of benzene rings is 1. The maximum atomic E-state index is 12.3. The molecule has 1 heterocycles. The minimum Gasteiger partial charge on any atom is -0.406 e. The fourth-order valence-electron chi connectivity index (χ4n) is 1.93. The van der Waals surface area contributed by atoms with Crippen LogP contribution in [0.15, 0.2) is 30.6 Å². The Kier molecular flexibility index (Phi) is 4.30. The molecule has 0 aliphatic heterocycles. The van der Waals surface area contributed by atoms with Gasteiger partial charge in [0.2, 0.25) is 0 Å². The lowest BCUT2D eigenvalue weighted by molar-refractivity contribution is -0.274. The van der Waals surface area contributed by atoms with E-state index in [0.717, 1.165) is 5.56 Å². The predicted molar refractivity (Wildman–Crippen MR) is 73.1 cm³/mol. The Morgan fingerprint density at radius 1 is 1.24 bits per heavy atom. The molecule has 4 nitrogen and oxygen atoms in total. The summed E-state index contributed by atoms with van der Waals surface area (Å²) in [5, 5.41) is 3.08. The van der Waals surface area contributed by atoms with Gasteiger partial charge in [0.15, 0.2) is 0 Å². The van der Waals surface area contributed by atoms with Gasteiger partial charge >= 0.3 is 6.36 Å². The molecule has 2 rings (SSSR count).